The standard InChI is InChI=1S/C17H12/c1-4-10-16(11-5-1)14-8-3-9-15-17-12-6-2-7-13-17/h1-2,4-7,10-13H,3H2. The van der Waals surface area contributed by atoms with Crippen molar-refractivity contribution in [3.05, 3.63) is 71.8 Å². The Hall–Kier alpha value is -2.44. The molecule has 0 aromatic heterocycles. The van der Waals surface area contributed by atoms with Gasteiger partial charge in [-0.1, -0.05) is 60.1 Å². The molecule has 0 nitrogen and oxygen atoms in total. The molecule has 0 unspecified atom stereocenters. The van der Waals surface area contributed by atoms with Crippen molar-refractivity contribution in [3.63, 3.8) is 0 Å². The Balaban J connectivity index is 1.93. The van der Waals surface area contributed by atoms with Crippen molar-refractivity contribution in [2.24, 2.45) is 0 Å². The number of benzene rings is 2. The SMILES string of the molecule is C(#Cc1ccccc1)CC#Cc1ccccc1. The second-order valence-electron chi connectivity index (χ2n) is 3.51. The van der Waals surface area contributed by atoms with Crippen molar-refractivity contribution in [2.75, 3.05) is 0 Å². The monoisotopic (exact) mass is 216 g/mol. The van der Waals surface area contributed by atoms with Crippen LogP contribution in [0.15, 0.2) is 60.7 Å². The average Bonchev–Trinajstić information content (AvgIpc) is 2.41. The van der Waals surface area contributed by atoms with E-state index in [1.165, 1.54) is 0 Å². The highest BCUT2D eigenvalue weighted by Crippen LogP contribution is 1.96. The molecule has 0 fully saturated rings. The fourth-order valence-electron chi connectivity index (χ4n) is 1.38. The Kier molecular flexibility index (Phi) is 4.04. The molecule has 2 aromatic carbocycles. The molecule has 2 aromatic rings. The molecule has 0 bridgehead atoms. The molecule has 0 aliphatic carbocycles. The van der Waals surface area contributed by atoms with Gasteiger partial charge in [0, 0.05) is 11.1 Å². The molecular formula is C17H12. The van der Waals surface area contributed by atoms with Crippen LogP contribution in [0.2, 0.25) is 0 Å². The van der Waals surface area contributed by atoms with E-state index in [9.17, 15) is 0 Å². The average molecular weight is 216 g/mol. The summed E-state index contributed by atoms with van der Waals surface area (Å²) in [5, 5.41) is 0. The number of hydrogen-bond acceptors (Lipinski definition) is 0. The molecule has 0 radical (unpaired) electrons. The fourth-order valence-corrected chi connectivity index (χ4v) is 1.38. The topological polar surface area (TPSA) is 0 Å². The van der Waals surface area contributed by atoms with Crippen molar-refractivity contribution in [1.29, 1.82) is 0 Å². The molecule has 0 aliphatic heterocycles. The van der Waals surface area contributed by atoms with E-state index in [2.05, 4.69) is 23.7 Å². The Morgan fingerprint density at radius 3 is 1.41 bits per heavy atom. The Morgan fingerprint density at radius 1 is 0.588 bits per heavy atom. The highest BCUT2D eigenvalue weighted by Gasteiger charge is 1.81. The highest BCUT2D eigenvalue weighted by atomic mass is 13.8. The van der Waals surface area contributed by atoms with Crippen molar-refractivity contribution >= 4 is 0 Å². The molecule has 0 heterocycles. The van der Waals surface area contributed by atoms with Crippen LogP contribution in [0.1, 0.15) is 17.5 Å². The van der Waals surface area contributed by atoms with E-state index in [1.54, 1.807) is 0 Å². The van der Waals surface area contributed by atoms with Crippen LogP contribution in [-0.4, -0.2) is 0 Å². The van der Waals surface area contributed by atoms with Crippen LogP contribution in [0.3, 0.4) is 0 Å². The van der Waals surface area contributed by atoms with Crippen LogP contribution in [0.4, 0.5) is 0 Å². The van der Waals surface area contributed by atoms with Crippen LogP contribution in [0, 0.1) is 23.7 Å². The molecule has 0 saturated carbocycles. The minimum absolute atomic E-state index is 0.601. The van der Waals surface area contributed by atoms with Gasteiger partial charge in [-0.25, -0.2) is 0 Å². The Bertz CT molecular complexity index is 516. The predicted octanol–water partition coefficient (Wildman–Crippen LogP) is 3.48. The van der Waals surface area contributed by atoms with Gasteiger partial charge in [0.1, 0.15) is 0 Å². The fraction of sp³-hybridized carbons (Fsp3) is 0.0588. The third kappa shape index (κ3) is 3.90. The third-order valence-electron chi connectivity index (χ3n) is 2.19. The van der Waals surface area contributed by atoms with E-state index < -0.39 is 0 Å². The number of rotatable bonds is 0. The minimum Gasteiger partial charge on any atom is -0.0848 e. The smallest absolute Gasteiger partial charge is 0.0710 e. The van der Waals surface area contributed by atoms with Gasteiger partial charge in [-0.2, -0.15) is 0 Å². The van der Waals surface area contributed by atoms with E-state index in [-0.39, 0.29) is 0 Å². The van der Waals surface area contributed by atoms with Gasteiger partial charge in [0.05, 0.1) is 6.42 Å². The molecule has 80 valence electrons. The van der Waals surface area contributed by atoms with Gasteiger partial charge in [0.15, 0.2) is 0 Å². The van der Waals surface area contributed by atoms with Gasteiger partial charge in [-0.15, -0.1) is 0 Å². The summed E-state index contributed by atoms with van der Waals surface area (Å²) in [6.07, 6.45) is 0.601. The summed E-state index contributed by atoms with van der Waals surface area (Å²) in [5.74, 6) is 12.3. The molecule has 0 atom stereocenters. The maximum atomic E-state index is 3.08. The molecular weight excluding hydrogens is 204 g/mol. The van der Waals surface area contributed by atoms with Crippen molar-refractivity contribution in [3.8, 4) is 23.7 Å². The van der Waals surface area contributed by atoms with Crippen LogP contribution >= 0.6 is 0 Å². The molecule has 2 rings (SSSR count). The maximum absolute atomic E-state index is 3.08. The molecule has 0 amide bonds. The summed E-state index contributed by atoms with van der Waals surface area (Å²) in [6, 6.07) is 19.9. The summed E-state index contributed by atoms with van der Waals surface area (Å²) in [6.45, 7) is 0. The zero-order valence-corrected chi connectivity index (χ0v) is 9.48. The molecule has 17 heavy (non-hydrogen) atoms. The number of hydrogen-bond donors (Lipinski definition) is 0. The second-order valence-corrected chi connectivity index (χ2v) is 3.51. The van der Waals surface area contributed by atoms with E-state index in [0.29, 0.717) is 6.42 Å². The van der Waals surface area contributed by atoms with Gasteiger partial charge in [-0.3, -0.25) is 0 Å². The highest BCUT2D eigenvalue weighted by molar-refractivity contribution is 5.37. The van der Waals surface area contributed by atoms with Gasteiger partial charge in [-0.05, 0) is 24.3 Å². The lowest BCUT2D eigenvalue weighted by Gasteiger charge is -1.86. The first kappa shape index (κ1) is 11.1. The predicted molar refractivity (Wildman–Crippen MR) is 71.3 cm³/mol. The molecule has 0 spiro atoms. The molecule has 0 aliphatic rings. The zero-order chi connectivity index (χ0) is 11.8. The van der Waals surface area contributed by atoms with Gasteiger partial charge < -0.3 is 0 Å². The van der Waals surface area contributed by atoms with Crippen LogP contribution < -0.4 is 0 Å². The lowest BCUT2D eigenvalue weighted by molar-refractivity contribution is 1.54. The summed E-state index contributed by atoms with van der Waals surface area (Å²) < 4.78 is 0. The maximum Gasteiger partial charge on any atom is 0.0710 e. The van der Waals surface area contributed by atoms with E-state index in [1.807, 2.05) is 60.7 Å². The second kappa shape index (κ2) is 6.21. The van der Waals surface area contributed by atoms with Gasteiger partial charge in [0.25, 0.3) is 0 Å². The van der Waals surface area contributed by atoms with E-state index in [4.69, 9.17) is 0 Å². The lowest BCUT2D eigenvalue weighted by atomic mass is 10.2. The van der Waals surface area contributed by atoms with Crippen LogP contribution in [0.5, 0.6) is 0 Å². The van der Waals surface area contributed by atoms with Crippen LogP contribution in [-0.2, 0) is 0 Å². The third-order valence-corrected chi connectivity index (χ3v) is 2.19. The quantitative estimate of drug-likeness (QED) is 0.591. The van der Waals surface area contributed by atoms with Crippen molar-refractivity contribution in [1.82, 2.24) is 0 Å². The lowest BCUT2D eigenvalue weighted by Crippen LogP contribution is -1.72. The first-order valence-electron chi connectivity index (χ1n) is 5.53. The molecule has 0 saturated heterocycles. The van der Waals surface area contributed by atoms with Gasteiger partial charge >= 0.3 is 0 Å². The summed E-state index contributed by atoms with van der Waals surface area (Å²) in [7, 11) is 0. The minimum atomic E-state index is 0.601. The largest absolute Gasteiger partial charge is 0.0848 e. The van der Waals surface area contributed by atoms with E-state index >= 15 is 0 Å². The van der Waals surface area contributed by atoms with Crippen molar-refractivity contribution < 1.29 is 0 Å². The van der Waals surface area contributed by atoms with Crippen LogP contribution in [0.25, 0.3) is 0 Å². The normalized spacial score (nSPS) is 8.47. The Labute approximate surface area is 102 Å². The summed E-state index contributed by atoms with van der Waals surface area (Å²) >= 11 is 0. The zero-order valence-electron chi connectivity index (χ0n) is 9.48. The van der Waals surface area contributed by atoms with Crippen molar-refractivity contribution in [2.45, 2.75) is 6.42 Å². The summed E-state index contributed by atoms with van der Waals surface area (Å²) in [4.78, 5) is 0. The first-order valence-corrected chi connectivity index (χ1v) is 5.53. The molecule has 0 heteroatoms. The van der Waals surface area contributed by atoms with E-state index in [0.717, 1.165) is 11.1 Å². The Morgan fingerprint density at radius 2 is 1.00 bits per heavy atom. The first-order chi connectivity index (χ1) is 8.45. The molecule has 0 N–H and O–H groups in total. The summed E-state index contributed by atoms with van der Waals surface area (Å²) in [5.41, 5.74) is 2.07. The van der Waals surface area contributed by atoms with Gasteiger partial charge in [0.2, 0.25) is 0 Å².